The van der Waals surface area contributed by atoms with Crippen molar-refractivity contribution in [2.45, 2.75) is 66.2 Å². The summed E-state index contributed by atoms with van der Waals surface area (Å²) in [5, 5.41) is 6.46. The van der Waals surface area contributed by atoms with E-state index in [0.29, 0.717) is 11.1 Å². The molecular formula is C68H55NO2. The van der Waals surface area contributed by atoms with Crippen molar-refractivity contribution in [1.29, 1.82) is 0 Å². The van der Waals surface area contributed by atoms with E-state index in [0.717, 1.165) is 55.3 Å². The number of allylic oxidation sites excluding steroid dienone is 1. The fourth-order valence-corrected chi connectivity index (χ4v) is 11.4. The first kappa shape index (κ1) is 44.1. The van der Waals surface area contributed by atoms with E-state index in [4.69, 9.17) is 0 Å². The second kappa shape index (κ2) is 16.2. The smallest absolute Gasteiger partial charge is 0.197 e. The van der Waals surface area contributed by atoms with E-state index in [1.165, 1.54) is 66.4 Å². The van der Waals surface area contributed by atoms with E-state index in [1.54, 1.807) is 0 Å². The van der Waals surface area contributed by atoms with Gasteiger partial charge in [-0.25, -0.2) is 0 Å². The summed E-state index contributed by atoms with van der Waals surface area (Å²) >= 11 is 0. The first-order valence-electron chi connectivity index (χ1n) is 24.8. The molecule has 0 amide bonds. The zero-order valence-electron chi connectivity index (χ0n) is 41.7. The molecule has 344 valence electrons. The second-order valence-electron chi connectivity index (χ2n) is 21.7. The topological polar surface area (TPSA) is 37.4 Å². The number of Topliss-reactive ketones (excluding diaryl/α,β-unsaturated/α-hetero) is 2. The fraction of sp³-hybridized carbons (Fsp3) is 0.147. The number of benzene rings is 10. The summed E-state index contributed by atoms with van der Waals surface area (Å²) in [6.07, 6.45) is 1.81. The average molecular weight is 918 g/mol. The molecule has 0 aliphatic heterocycles. The van der Waals surface area contributed by atoms with Crippen molar-refractivity contribution in [3.8, 4) is 44.5 Å². The van der Waals surface area contributed by atoms with Gasteiger partial charge in [-0.3, -0.25) is 9.59 Å². The van der Waals surface area contributed by atoms with Gasteiger partial charge in [-0.05, 0) is 179 Å². The highest BCUT2D eigenvalue weighted by atomic mass is 16.2. The Bertz CT molecular complexity index is 3810. The number of hydrogen-bond donors (Lipinski definition) is 0. The number of hydrogen-bond acceptors (Lipinski definition) is 3. The summed E-state index contributed by atoms with van der Waals surface area (Å²) in [6.45, 7) is 18.0. The standard InChI is InChI=1S/C68H55NO2/c1-40-16-9-13-20-49(40)61-51-33-24-42(37-58-65(70)56-38-43-18-11-12-19-44(43)39-57(56)66(58)71)36-55(51)62(50-21-14-10-17-41(50)2)63-53-23-15-22-52-59(35-34-54(60(52)53)64(61)63)69(47-29-25-45(26-30-47)67(3,4)5)48-31-27-46(28-32-48)68(6,7)8/h9-39H,1-8H3. The molecule has 0 saturated carbocycles. The largest absolute Gasteiger partial charge is 0.310 e. The van der Waals surface area contributed by atoms with E-state index in [1.807, 2.05) is 42.5 Å². The van der Waals surface area contributed by atoms with Gasteiger partial charge in [-0.1, -0.05) is 175 Å². The Balaban J connectivity index is 1.13. The predicted octanol–water partition coefficient (Wildman–Crippen LogP) is 18.3. The maximum Gasteiger partial charge on any atom is 0.197 e. The first-order valence-corrected chi connectivity index (χ1v) is 24.8. The average Bonchev–Trinajstić information content (AvgIpc) is 3.81. The van der Waals surface area contributed by atoms with Gasteiger partial charge in [-0.15, -0.1) is 0 Å². The molecule has 0 spiro atoms. The molecule has 2 aliphatic rings. The Hall–Kier alpha value is -8.14. The minimum atomic E-state index is -0.230. The Labute approximate surface area is 416 Å². The summed E-state index contributed by atoms with van der Waals surface area (Å²) in [5.74, 6) is -0.460. The maximum absolute atomic E-state index is 14.2. The lowest BCUT2D eigenvalue weighted by atomic mass is 9.80. The third-order valence-electron chi connectivity index (χ3n) is 15.1. The van der Waals surface area contributed by atoms with Gasteiger partial charge in [0.05, 0.1) is 11.3 Å². The molecule has 0 radical (unpaired) electrons. The van der Waals surface area contributed by atoms with Crippen molar-refractivity contribution in [1.82, 2.24) is 0 Å². The van der Waals surface area contributed by atoms with Crippen LogP contribution in [0, 0.1) is 13.8 Å². The number of rotatable bonds is 6. The molecule has 0 saturated heterocycles. The zero-order valence-corrected chi connectivity index (χ0v) is 41.7. The van der Waals surface area contributed by atoms with Crippen LogP contribution in [0.25, 0.3) is 82.9 Å². The Morgan fingerprint density at radius 1 is 0.394 bits per heavy atom. The van der Waals surface area contributed by atoms with Crippen molar-refractivity contribution in [3.05, 3.63) is 227 Å². The van der Waals surface area contributed by atoms with Gasteiger partial charge in [0.2, 0.25) is 0 Å². The van der Waals surface area contributed by atoms with Gasteiger partial charge in [0, 0.05) is 27.9 Å². The summed E-state index contributed by atoms with van der Waals surface area (Å²) < 4.78 is 0. The van der Waals surface area contributed by atoms with Gasteiger partial charge in [0.1, 0.15) is 0 Å². The molecule has 3 heteroatoms. The SMILES string of the molecule is Cc1ccccc1-c1c2c(c(-c3ccccc3C)c3cc(C=C4C(=O)c5cc6ccccc6cc5C4=O)ccc13)-c1cccc3c(N(c4ccc(C(C)(C)C)cc4)c4ccc(C(C)(C)C)cc4)ccc-2c13. The number of fused-ring (bicyclic) bond motifs is 6. The molecule has 0 fully saturated rings. The van der Waals surface area contributed by atoms with Crippen molar-refractivity contribution in [2.24, 2.45) is 0 Å². The molecule has 0 atom stereocenters. The Morgan fingerprint density at radius 2 is 0.873 bits per heavy atom. The molecule has 0 unspecified atom stereocenters. The summed E-state index contributed by atoms with van der Waals surface area (Å²) in [5.41, 5.74) is 19.6. The quantitative estimate of drug-likeness (QED) is 0.123. The highest BCUT2D eigenvalue weighted by Crippen LogP contribution is 2.60. The number of carbonyl (C=O) groups is 2. The normalized spacial score (nSPS) is 13.1. The van der Waals surface area contributed by atoms with Gasteiger partial charge in [0.15, 0.2) is 11.6 Å². The molecule has 12 rings (SSSR count). The molecule has 2 aliphatic carbocycles. The van der Waals surface area contributed by atoms with Gasteiger partial charge >= 0.3 is 0 Å². The van der Waals surface area contributed by atoms with Gasteiger partial charge < -0.3 is 4.90 Å². The van der Waals surface area contributed by atoms with E-state index < -0.39 is 0 Å². The highest BCUT2D eigenvalue weighted by molar-refractivity contribution is 6.42. The van der Waals surface area contributed by atoms with Crippen LogP contribution in [-0.4, -0.2) is 11.6 Å². The molecule has 0 bridgehead atoms. The number of nitrogens with zero attached hydrogens (tertiary/aromatic N) is 1. The zero-order chi connectivity index (χ0) is 49.1. The van der Waals surface area contributed by atoms with Crippen LogP contribution in [0.4, 0.5) is 17.1 Å². The number of carbonyl (C=O) groups excluding carboxylic acids is 2. The van der Waals surface area contributed by atoms with Crippen molar-refractivity contribution >= 4 is 67.0 Å². The third kappa shape index (κ3) is 7.09. The summed E-state index contributed by atoms with van der Waals surface area (Å²) in [6, 6.07) is 65.3. The van der Waals surface area contributed by atoms with Crippen LogP contribution in [0.3, 0.4) is 0 Å². The van der Waals surface area contributed by atoms with Gasteiger partial charge in [-0.2, -0.15) is 0 Å². The van der Waals surface area contributed by atoms with Crippen LogP contribution < -0.4 is 4.90 Å². The van der Waals surface area contributed by atoms with Crippen LogP contribution in [0.5, 0.6) is 0 Å². The fourth-order valence-electron chi connectivity index (χ4n) is 11.4. The molecule has 0 N–H and O–H groups in total. The van der Waals surface area contributed by atoms with Crippen LogP contribution >= 0.6 is 0 Å². The van der Waals surface area contributed by atoms with E-state index in [2.05, 4.69) is 206 Å². The third-order valence-corrected chi connectivity index (χ3v) is 15.1. The first-order chi connectivity index (χ1) is 34.2. The van der Waals surface area contributed by atoms with Crippen LogP contribution in [0.15, 0.2) is 188 Å². The molecule has 0 heterocycles. The minimum Gasteiger partial charge on any atom is -0.310 e. The van der Waals surface area contributed by atoms with E-state index in [9.17, 15) is 9.59 Å². The lowest BCUT2D eigenvalue weighted by Gasteiger charge is -2.29. The summed E-state index contributed by atoms with van der Waals surface area (Å²) in [4.78, 5) is 30.8. The summed E-state index contributed by atoms with van der Waals surface area (Å²) in [7, 11) is 0. The van der Waals surface area contributed by atoms with Crippen LogP contribution in [-0.2, 0) is 10.8 Å². The number of anilines is 3. The maximum atomic E-state index is 14.2. The molecule has 10 aromatic carbocycles. The Kier molecular flexibility index (Phi) is 10.1. The van der Waals surface area contributed by atoms with Gasteiger partial charge in [0.25, 0.3) is 0 Å². The van der Waals surface area contributed by atoms with E-state index in [-0.39, 0.29) is 28.0 Å². The number of aryl methyl sites for hydroxylation is 2. The van der Waals surface area contributed by atoms with Crippen molar-refractivity contribution in [2.75, 3.05) is 4.90 Å². The second-order valence-corrected chi connectivity index (χ2v) is 21.7. The van der Waals surface area contributed by atoms with Crippen LogP contribution in [0.1, 0.15) is 90.1 Å². The number of ketones is 2. The molecule has 3 nitrogen and oxygen atoms in total. The lowest BCUT2D eigenvalue weighted by molar-refractivity contribution is 0.0990. The van der Waals surface area contributed by atoms with Crippen molar-refractivity contribution < 1.29 is 9.59 Å². The Morgan fingerprint density at radius 3 is 1.39 bits per heavy atom. The predicted molar refractivity (Wildman–Crippen MR) is 299 cm³/mol. The molecule has 71 heavy (non-hydrogen) atoms. The monoisotopic (exact) mass is 917 g/mol. The highest BCUT2D eigenvalue weighted by Gasteiger charge is 2.35. The molecular weight excluding hydrogens is 863 g/mol. The van der Waals surface area contributed by atoms with Crippen LogP contribution in [0.2, 0.25) is 0 Å². The molecule has 10 aromatic rings. The minimum absolute atomic E-state index is 0.0169. The lowest BCUT2D eigenvalue weighted by Crippen LogP contribution is -2.14. The van der Waals surface area contributed by atoms with Crippen molar-refractivity contribution in [3.63, 3.8) is 0 Å². The molecule has 0 aromatic heterocycles. The van der Waals surface area contributed by atoms with E-state index >= 15 is 0 Å².